The van der Waals surface area contributed by atoms with E-state index in [2.05, 4.69) is 5.32 Å². The summed E-state index contributed by atoms with van der Waals surface area (Å²) < 4.78 is 5.38. The third kappa shape index (κ3) is 4.65. The summed E-state index contributed by atoms with van der Waals surface area (Å²) in [6.45, 7) is 5.92. The van der Waals surface area contributed by atoms with Gasteiger partial charge in [0.2, 0.25) is 0 Å². The third-order valence-electron chi connectivity index (χ3n) is 2.52. The van der Waals surface area contributed by atoms with Crippen molar-refractivity contribution in [3.05, 3.63) is 28.8 Å². The van der Waals surface area contributed by atoms with E-state index in [1.165, 1.54) is 0 Å². The topological polar surface area (TPSA) is 38.3 Å². The maximum Gasteiger partial charge on any atom is 0.258 e. The molecule has 0 radical (unpaired) electrons. The molecular formula is C13H18ClNO2. The highest BCUT2D eigenvalue weighted by Crippen LogP contribution is 2.20. The lowest BCUT2D eigenvalue weighted by Crippen LogP contribution is -2.35. The lowest BCUT2D eigenvalue weighted by Gasteiger charge is -2.12. The first-order valence-corrected chi connectivity index (χ1v) is 6.09. The van der Waals surface area contributed by atoms with E-state index in [0.29, 0.717) is 10.8 Å². The minimum Gasteiger partial charge on any atom is -0.484 e. The molecule has 0 saturated carbocycles. The van der Waals surface area contributed by atoms with E-state index >= 15 is 0 Å². The Bertz CT molecular complexity index is 393. The molecule has 0 heterocycles. The van der Waals surface area contributed by atoms with E-state index in [1.54, 1.807) is 12.1 Å². The van der Waals surface area contributed by atoms with E-state index < -0.39 is 0 Å². The molecule has 3 nitrogen and oxygen atoms in total. The molecule has 0 aliphatic rings. The Morgan fingerprint density at radius 2 is 2.24 bits per heavy atom. The Balaban J connectivity index is 2.45. The van der Waals surface area contributed by atoms with Crippen LogP contribution < -0.4 is 10.1 Å². The van der Waals surface area contributed by atoms with Gasteiger partial charge in [0.15, 0.2) is 6.61 Å². The van der Waals surface area contributed by atoms with Crippen molar-refractivity contribution in [3.63, 3.8) is 0 Å². The molecule has 0 bridgehead atoms. The molecule has 0 aliphatic heterocycles. The largest absolute Gasteiger partial charge is 0.484 e. The quantitative estimate of drug-likeness (QED) is 0.879. The van der Waals surface area contributed by atoms with Crippen LogP contribution in [0.2, 0.25) is 5.02 Å². The van der Waals surface area contributed by atoms with Crippen LogP contribution in [0.5, 0.6) is 5.75 Å². The average molecular weight is 256 g/mol. The van der Waals surface area contributed by atoms with E-state index in [0.717, 1.165) is 12.0 Å². The number of carbonyl (C=O) groups is 1. The van der Waals surface area contributed by atoms with Crippen molar-refractivity contribution in [2.45, 2.75) is 33.2 Å². The zero-order chi connectivity index (χ0) is 12.8. The molecule has 94 valence electrons. The molecule has 1 aromatic carbocycles. The average Bonchev–Trinajstić information content (AvgIpc) is 2.30. The van der Waals surface area contributed by atoms with Crippen molar-refractivity contribution >= 4 is 17.5 Å². The zero-order valence-corrected chi connectivity index (χ0v) is 11.2. The summed E-state index contributed by atoms with van der Waals surface area (Å²) in [6.07, 6.45) is 0.909. The van der Waals surface area contributed by atoms with Gasteiger partial charge in [-0.3, -0.25) is 4.79 Å². The second-order valence-corrected chi connectivity index (χ2v) is 4.48. The maximum atomic E-state index is 11.5. The Morgan fingerprint density at radius 1 is 1.53 bits per heavy atom. The Hall–Kier alpha value is -1.22. The molecule has 1 rings (SSSR count). The first kappa shape index (κ1) is 13.8. The van der Waals surface area contributed by atoms with Crippen LogP contribution in [0.3, 0.4) is 0 Å². The second kappa shape index (κ2) is 6.50. The minimum absolute atomic E-state index is 0.0331. The van der Waals surface area contributed by atoms with Crippen LogP contribution in [0.4, 0.5) is 0 Å². The Kier molecular flexibility index (Phi) is 5.29. The molecule has 17 heavy (non-hydrogen) atoms. The summed E-state index contributed by atoms with van der Waals surface area (Å²) in [4.78, 5) is 11.5. The lowest BCUT2D eigenvalue weighted by molar-refractivity contribution is -0.123. The van der Waals surface area contributed by atoms with E-state index in [1.807, 2.05) is 26.8 Å². The summed E-state index contributed by atoms with van der Waals surface area (Å²) >= 11 is 5.90. The van der Waals surface area contributed by atoms with E-state index in [9.17, 15) is 4.79 Å². The monoisotopic (exact) mass is 255 g/mol. The predicted octanol–water partition coefficient (Wildman–Crippen LogP) is 2.94. The number of hydrogen-bond acceptors (Lipinski definition) is 2. The summed E-state index contributed by atoms with van der Waals surface area (Å²) in [5.74, 6) is 0.554. The van der Waals surface area contributed by atoms with Crippen LogP contribution in [0.15, 0.2) is 18.2 Å². The van der Waals surface area contributed by atoms with E-state index in [-0.39, 0.29) is 18.6 Å². The summed E-state index contributed by atoms with van der Waals surface area (Å²) in [5, 5.41) is 3.53. The van der Waals surface area contributed by atoms with Crippen LogP contribution in [-0.4, -0.2) is 18.6 Å². The van der Waals surface area contributed by atoms with Crippen molar-refractivity contribution in [1.82, 2.24) is 5.32 Å². The number of amides is 1. The van der Waals surface area contributed by atoms with Crippen LogP contribution in [0.25, 0.3) is 0 Å². The molecule has 0 unspecified atom stereocenters. The minimum atomic E-state index is -0.105. The van der Waals surface area contributed by atoms with Crippen molar-refractivity contribution in [2.24, 2.45) is 0 Å². The van der Waals surface area contributed by atoms with Gasteiger partial charge in [-0.2, -0.15) is 0 Å². The normalized spacial score (nSPS) is 12.0. The number of aryl methyl sites for hydroxylation is 1. The van der Waals surface area contributed by atoms with Gasteiger partial charge in [-0.1, -0.05) is 18.5 Å². The fourth-order valence-electron chi connectivity index (χ4n) is 1.27. The van der Waals surface area contributed by atoms with Crippen molar-refractivity contribution in [2.75, 3.05) is 6.61 Å². The molecule has 0 aromatic heterocycles. The lowest BCUT2D eigenvalue weighted by atomic mass is 10.2. The van der Waals surface area contributed by atoms with Gasteiger partial charge in [0.1, 0.15) is 5.75 Å². The fraction of sp³-hybridized carbons (Fsp3) is 0.462. The van der Waals surface area contributed by atoms with Gasteiger partial charge in [-0.05, 0) is 44.0 Å². The van der Waals surface area contributed by atoms with Gasteiger partial charge in [0.05, 0.1) is 0 Å². The molecule has 1 N–H and O–H groups in total. The zero-order valence-electron chi connectivity index (χ0n) is 10.4. The number of benzene rings is 1. The Labute approximate surface area is 107 Å². The van der Waals surface area contributed by atoms with Gasteiger partial charge >= 0.3 is 0 Å². The first-order chi connectivity index (χ1) is 8.02. The number of hydrogen-bond donors (Lipinski definition) is 1. The van der Waals surface area contributed by atoms with Crippen LogP contribution in [0, 0.1) is 6.92 Å². The van der Waals surface area contributed by atoms with Gasteiger partial charge in [-0.25, -0.2) is 0 Å². The number of rotatable bonds is 5. The van der Waals surface area contributed by atoms with Gasteiger partial charge in [-0.15, -0.1) is 0 Å². The molecule has 0 fully saturated rings. The molecule has 1 aromatic rings. The fourth-order valence-corrected chi connectivity index (χ4v) is 1.39. The van der Waals surface area contributed by atoms with Gasteiger partial charge < -0.3 is 10.1 Å². The molecule has 1 atom stereocenters. The summed E-state index contributed by atoms with van der Waals surface area (Å²) in [5.41, 5.74) is 0.937. The molecular weight excluding hydrogens is 238 g/mol. The maximum absolute atomic E-state index is 11.5. The molecule has 0 spiro atoms. The first-order valence-electron chi connectivity index (χ1n) is 5.71. The molecule has 0 aliphatic carbocycles. The SMILES string of the molecule is CC[C@@H](C)NC(=O)COc1ccc(Cl)c(C)c1. The smallest absolute Gasteiger partial charge is 0.258 e. The predicted molar refractivity (Wildman–Crippen MR) is 69.6 cm³/mol. The van der Waals surface area contributed by atoms with Gasteiger partial charge in [0, 0.05) is 11.1 Å². The second-order valence-electron chi connectivity index (χ2n) is 4.08. The van der Waals surface area contributed by atoms with Crippen LogP contribution in [0.1, 0.15) is 25.8 Å². The summed E-state index contributed by atoms with van der Waals surface area (Å²) in [6, 6.07) is 5.52. The summed E-state index contributed by atoms with van der Waals surface area (Å²) in [7, 11) is 0. The van der Waals surface area contributed by atoms with Gasteiger partial charge in [0.25, 0.3) is 5.91 Å². The number of nitrogens with one attached hydrogen (secondary N) is 1. The van der Waals surface area contributed by atoms with Crippen molar-refractivity contribution < 1.29 is 9.53 Å². The molecule has 0 saturated heterocycles. The van der Waals surface area contributed by atoms with Crippen LogP contribution >= 0.6 is 11.6 Å². The van der Waals surface area contributed by atoms with Crippen LogP contribution in [-0.2, 0) is 4.79 Å². The Morgan fingerprint density at radius 3 is 2.82 bits per heavy atom. The number of carbonyl (C=O) groups excluding carboxylic acids is 1. The highest BCUT2D eigenvalue weighted by molar-refractivity contribution is 6.31. The van der Waals surface area contributed by atoms with E-state index in [4.69, 9.17) is 16.3 Å². The molecule has 4 heteroatoms. The number of halogens is 1. The highest BCUT2D eigenvalue weighted by atomic mass is 35.5. The molecule has 1 amide bonds. The highest BCUT2D eigenvalue weighted by Gasteiger charge is 2.06. The third-order valence-corrected chi connectivity index (χ3v) is 2.94. The standard InChI is InChI=1S/C13H18ClNO2/c1-4-10(3)15-13(16)8-17-11-5-6-12(14)9(2)7-11/h5-7,10H,4,8H2,1-3H3,(H,15,16)/t10-/m1/s1. The van der Waals surface area contributed by atoms with Crippen molar-refractivity contribution in [3.8, 4) is 5.75 Å². The van der Waals surface area contributed by atoms with Crippen molar-refractivity contribution in [1.29, 1.82) is 0 Å². The number of ether oxygens (including phenoxy) is 1.